The molecule has 0 aromatic rings. The molecule has 0 aromatic heterocycles. The van der Waals surface area contributed by atoms with Crippen LogP contribution in [0.5, 0.6) is 0 Å². The molecule has 0 radical (unpaired) electrons. The first-order valence-electron chi connectivity index (χ1n) is 2.92. The number of hydrogen-bond acceptors (Lipinski definition) is 2. The maximum Gasteiger partial charge on any atom is 0.283 e. The Kier molecular flexibility index (Phi) is 4.45. The van der Waals surface area contributed by atoms with Crippen molar-refractivity contribution in [3.63, 3.8) is 0 Å². The van der Waals surface area contributed by atoms with Crippen LogP contribution >= 0.6 is 15.9 Å². The van der Waals surface area contributed by atoms with Gasteiger partial charge in [0.15, 0.2) is 0 Å². The van der Waals surface area contributed by atoms with Gasteiger partial charge < -0.3 is 0 Å². The van der Waals surface area contributed by atoms with Crippen molar-refractivity contribution < 1.29 is 4.92 Å². The molecule has 0 amide bonds. The molecule has 3 nitrogen and oxygen atoms in total. The number of nitrogens with zero attached hydrogens (tertiary/aromatic N) is 1. The van der Waals surface area contributed by atoms with Gasteiger partial charge in [0.05, 0.1) is 9.41 Å². The monoisotopic (exact) mass is 217 g/mol. The summed E-state index contributed by atoms with van der Waals surface area (Å²) >= 11 is 3.01. The molecule has 4 heteroatoms. The zero-order valence-corrected chi connectivity index (χ0v) is 7.67. The van der Waals surface area contributed by atoms with Crippen molar-refractivity contribution in [3.8, 4) is 0 Å². The van der Waals surface area contributed by atoms with Crippen molar-refractivity contribution >= 4 is 15.9 Å². The van der Waals surface area contributed by atoms with E-state index in [1.807, 2.05) is 0 Å². The van der Waals surface area contributed by atoms with Gasteiger partial charge in [0.25, 0.3) is 5.70 Å². The molecule has 0 heterocycles. The van der Waals surface area contributed by atoms with Crippen LogP contribution in [-0.2, 0) is 0 Å². The summed E-state index contributed by atoms with van der Waals surface area (Å²) in [4.78, 5) is 9.84. The lowest BCUT2D eigenvalue weighted by atomic mass is 10.3. The fraction of sp³-hybridized carbons (Fsp3) is 0.143. The van der Waals surface area contributed by atoms with Crippen molar-refractivity contribution in [1.29, 1.82) is 0 Å². The van der Waals surface area contributed by atoms with E-state index in [4.69, 9.17) is 0 Å². The molecule has 0 saturated heterocycles. The third-order valence-electron chi connectivity index (χ3n) is 0.945. The second-order valence-corrected chi connectivity index (χ2v) is 2.55. The van der Waals surface area contributed by atoms with Crippen LogP contribution in [0.4, 0.5) is 0 Å². The van der Waals surface area contributed by atoms with Crippen molar-refractivity contribution in [1.82, 2.24) is 0 Å². The Hall–Kier alpha value is -0.900. The molecule has 0 aliphatic rings. The van der Waals surface area contributed by atoms with E-state index >= 15 is 0 Å². The van der Waals surface area contributed by atoms with E-state index < -0.39 is 4.92 Å². The molecule has 0 bridgehead atoms. The number of hydrogen-bond donors (Lipinski definition) is 0. The Morgan fingerprint density at radius 1 is 1.73 bits per heavy atom. The molecule has 0 rings (SSSR count). The van der Waals surface area contributed by atoms with E-state index in [1.165, 1.54) is 12.2 Å². The van der Waals surface area contributed by atoms with Crippen LogP contribution in [0.2, 0.25) is 0 Å². The summed E-state index contributed by atoms with van der Waals surface area (Å²) in [5.41, 5.74) is 0.0162. The highest BCUT2D eigenvalue weighted by Crippen LogP contribution is 2.14. The maximum absolute atomic E-state index is 10.3. The standard InChI is InChI=1S/C7H8BrNO2/c1-3-5-7(9(10)11)6(8)4-2/h3-5H,2H2,1H3/b5-3-,7-6-. The van der Waals surface area contributed by atoms with Gasteiger partial charge >= 0.3 is 0 Å². The van der Waals surface area contributed by atoms with Crippen LogP contribution < -0.4 is 0 Å². The summed E-state index contributed by atoms with van der Waals surface area (Å²) in [6, 6.07) is 0. The summed E-state index contributed by atoms with van der Waals surface area (Å²) in [6.07, 6.45) is 4.40. The largest absolute Gasteiger partial charge is 0.283 e. The van der Waals surface area contributed by atoms with Gasteiger partial charge in [-0.2, -0.15) is 0 Å². The van der Waals surface area contributed by atoms with Gasteiger partial charge in [-0.25, -0.2) is 0 Å². The SMILES string of the molecule is C=C/C(Br)=C(\C=C/C)[N+](=O)[O-]. The molecular formula is C7H8BrNO2. The summed E-state index contributed by atoms with van der Waals surface area (Å²) in [5, 5.41) is 10.3. The first-order valence-corrected chi connectivity index (χ1v) is 3.72. The van der Waals surface area contributed by atoms with E-state index in [9.17, 15) is 10.1 Å². The van der Waals surface area contributed by atoms with Gasteiger partial charge in [-0.1, -0.05) is 12.7 Å². The third-order valence-corrected chi connectivity index (χ3v) is 1.68. The van der Waals surface area contributed by atoms with Crippen LogP contribution in [0, 0.1) is 10.1 Å². The Bertz CT molecular complexity index is 231. The van der Waals surface area contributed by atoms with Gasteiger partial charge in [0, 0.05) is 6.08 Å². The highest BCUT2D eigenvalue weighted by molar-refractivity contribution is 9.11. The minimum atomic E-state index is -0.467. The van der Waals surface area contributed by atoms with Crippen molar-refractivity contribution in [3.05, 3.63) is 45.1 Å². The molecule has 0 saturated carbocycles. The normalized spacial score (nSPS) is 12.9. The van der Waals surface area contributed by atoms with Crippen LogP contribution in [0.25, 0.3) is 0 Å². The van der Waals surface area contributed by atoms with Gasteiger partial charge in [0.2, 0.25) is 0 Å². The van der Waals surface area contributed by atoms with E-state index in [0.717, 1.165) is 0 Å². The van der Waals surface area contributed by atoms with Crippen LogP contribution in [0.3, 0.4) is 0 Å². The summed E-state index contributed by atoms with van der Waals surface area (Å²) in [6.45, 7) is 5.12. The molecule has 0 aromatic carbocycles. The average molecular weight is 218 g/mol. The van der Waals surface area contributed by atoms with E-state index in [2.05, 4.69) is 22.5 Å². The zero-order valence-electron chi connectivity index (χ0n) is 6.08. The zero-order chi connectivity index (χ0) is 8.85. The van der Waals surface area contributed by atoms with Gasteiger partial charge in [-0.3, -0.25) is 10.1 Å². The lowest BCUT2D eigenvalue weighted by Crippen LogP contribution is -1.96. The van der Waals surface area contributed by atoms with Crippen molar-refractivity contribution in [2.24, 2.45) is 0 Å². The molecule has 0 fully saturated rings. The summed E-state index contributed by atoms with van der Waals surface area (Å²) < 4.78 is 0.389. The first-order chi connectivity index (χ1) is 5.13. The van der Waals surface area contributed by atoms with Crippen LogP contribution in [0.1, 0.15) is 6.92 Å². The quantitative estimate of drug-likeness (QED) is 0.415. The molecule has 0 spiro atoms. The van der Waals surface area contributed by atoms with Crippen molar-refractivity contribution in [2.45, 2.75) is 6.92 Å². The summed E-state index contributed by atoms with van der Waals surface area (Å²) in [7, 11) is 0. The maximum atomic E-state index is 10.3. The summed E-state index contributed by atoms with van der Waals surface area (Å²) in [5.74, 6) is 0. The second-order valence-electron chi connectivity index (χ2n) is 1.69. The number of rotatable bonds is 3. The Balaban J connectivity index is 4.87. The van der Waals surface area contributed by atoms with E-state index in [1.54, 1.807) is 13.0 Å². The Morgan fingerprint density at radius 2 is 2.27 bits per heavy atom. The Morgan fingerprint density at radius 3 is 2.55 bits per heavy atom. The number of halogens is 1. The molecule has 0 atom stereocenters. The third kappa shape index (κ3) is 3.13. The number of nitro groups is 1. The lowest BCUT2D eigenvalue weighted by molar-refractivity contribution is -0.419. The second kappa shape index (κ2) is 4.85. The molecule has 0 aliphatic heterocycles. The molecule has 0 aliphatic carbocycles. The first kappa shape index (κ1) is 10.1. The van der Waals surface area contributed by atoms with Gasteiger partial charge in [-0.15, -0.1) is 0 Å². The molecular weight excluding hydrogens is 210 g/mol. The van der Waals surface area contributed by atoms with E-state index in [0.29, 0.717) is 4.48 Å². The van der Waals surface area contributed by atoms with Gasteiger partial charge in [0.1, 0.15) is 0 Å². The minimum Gasteiger partial charge on any atom is -0.258 e. The van der Waals surface area contributed by atoms with Crippen LogP contribution in [0.15, 0.2) is 35.0 Å². The predicted octanol–water partition coefficient (Wildman–Crippen LogP) is 2.63. The molecule has 60 valence electrons. The van der Waals surface area contributed by atoms with Gasteiger partial charge in [-0.05, 0) is 28.9 Å². The predicted molar refractivity (Wildman–Crippen MR) is 48.0 cm³/mol. The molecule has 0 N–H and O–H groups in total. The van der Waals surface area contributed by atoms with E-state index in [-0.39, 0.29) is 5.70 Å². The molecule has 11 heavy (non-hydrogen) atoms. The average Bonchev–Trinajstić information content (AvgIpc) is 1.98. The topological polar surface area (TPSA) is 43.1 Å². The van der Waals surface area contributed by atoms with Crippen LogP contribution in [-0.4, -0.2) is 4.92 Å². The fourth-order valence-electron chi connectivity index (χ4n) is 0.490. The highest BCUT2D eigenvalue weighted by Gasteiger charge is 2.08. The molecule has 0 unspecified atom stereocenters. The number of allylic oxidation sites excluding steroid dienone is 4. The van der Waals surface area contributed by atoms with Crippen molar-refractivity contribution in [2.75, 3.05) is 0 Å². The fourth-order valence-corrected chi connectivity index (χ4v) is 0.767. The minimum absolute atomic E-state index is 0.0162. The smallest absolute Gasteiger partial charge is 0.258 e. The lowest BCUT2D eigenvalue weighted by Gasteiger charge is -1.91. The Labute approximate surface area is 73.4 Å². The highest BCUT2D eigenvalue weighted by atomic mass is 79.9.